The second kappa shape index (κ2) is 5.10. The maximum Gasteiger partial charge on any atom is 0.0603 e. The van der Waals surface area contributed by atoms with Gasteiger partial charge >= 0.3 is 0 Å². The lowest BCUT2D eigenvalue weighted by Crippen LogP contribution is -2.34. The first-order chi connectivity index (χ1) is 6.53. The van der Waals surface area contributed by atoms with E-state index in [1.807, 2.05) is 13.8 Å². The van der Waals surface area contributed by atoms with Crippen LogP contribution in [-0.4, -0.2) is 41.3 Å². The van der Waals surface area contributed by atoms with Crippen molar-refractivity contribution >= 4 is 0 Å². The molecule has 0 saturated heterocycles. The van der Waals surface area contributed by atoms with E-state index in [-0.39, 0.29) is 0 Å². The third kappa shape index (κ3) is 4.94. The molecular formula is C11H24N2O. The van der Waals surface area contributed by atoms with Crippen molar-refractivity contribution in [2.75, 3.05) is 19.6 Å². The molecule has 0 heterocycles. The van der Waals surface area contributed by atoms with Crippen molar-refractivity contribution in [2.24, 2.45) is 5.73 Å². The molecule has 0 aromatic carbocycles. The van der Waals surface area contributed by atoms with Crippen LogP contribution >= 0.6 is 0 Å². The van der Waals surface area contributed by atoms with E-state index in [4.69, 9.17) is 5.73 Å². The van der Waals surface area contributed by atoms with Gasteiger partial charge in [-0.3, -0.25) is 0 Å². The molecule has 0 aromatic heterocycles. The van der Waals surface area contributed by atoms with Crippen molar-refractivity contribution < 1.29 is 5.11 Å². The largest absolute Gasteiger partial charge is 0.390 e. The number of aliphatic hydroxyl groups is 1. The lowest BCUT2D eigenvalue weighted by molar-refractivity contribution is 0.0564. The summed E-state index contributed by atoms with van der Waals surface area (Å²) < 4.78 is 0. The van der Waals surface area contributed by atoms with Gasteiger partial charge in [-0.15, -0.1) is 0 Å². The summed E-state index contributed by atoms with van der Waals surface area (Å²) in [5.41, 5.74) is 4.97. The number of nitrogens with two attached hydrogens (primary N) is 1. The molecule has 1 fully saturated rings. The Morgan fingerprint density at radius 2 is 2.00 bits per heavy atom. The van der Waals surface area contributed by atoms with Crippen LogP contribution in [0.3, 0.4) is 0 Å². The molecule has 14 heavy (non-hydrogen) atoms. The van der Waals surface area contributed by atoms with Crippen molar-refractivity contribution in [1.82, 2.24) is 4.90 Å². The maximum absolute atomic E-state index is 9.64. The lowest BCUT2D eigenvalue weighted by Gasteiger charge is -2.25. The first-order valence-corrected chi connectivity index (χ1v) is 5.69. The van der Waals surface area contributed by atoms with E-state index in [0.717, 1.165) is 38.5 Å². The van der Waals surface area contributed by atoms with Crippen LogP contribution in [0.2, 0.25) is 0 Å². The minimum absolute atomic E-state index is 0.532. The van der Waals surface area contributed by atoms with Gasteiger partial charge in [-0.05, 0) is 52.6 Å². The van der Waals surface area contributed by atoms with E-state index in [0.29, 0.717) is 0 Å². The van der Waals surface area contributed by atoms with Crippen LogP contribution in [0.25, 0.3) is 0 Å². The second-order valence-electron chi connectivity index (χ2n) is 4.97. The summed E-state index contributed by atoms with van der Waals surface area (Å²) in [5.74, 6) is 0. The highest BCUT2D eigenvalue weighted by molar-refractivity contribution is 4.85. The van der Waals surface area contributed by atoms with E-state index in [9.17, 15) is 5.11 Å². The summed E-state index contributed by atoms with van der Waals surface area (Å²) >= 11 is 0. The van der Waals surface area contributed by atoms with Crippen LogP contribution < -0.4 is 5.73 Å². The van der Waals surface area contributed by atoms with Gasteiger partial charge in [0.2, 0.25) is 0 Å². The van der Waals surface area contributed by atoms with Crippen molar-refractivity contribution in [3.63, 3.8) is 0 Å². The molecule has 3 nitrogen and oxygen atoms in total. The van der Waals surface area contributed by atoms with E-state index in [1.165, 1.54) is 12.8 Å². The summed E-state index contributed by atoms with van der Waals surface area (Å²) in [5, 5.41) is 9.64. The zero-order valence-electron chi connectivity index (χ0n) is 9.50. The summed E-state index contributed by atoms with van der Waals surface area (Å²) in [6.45, 7) is 6.62. The molecular weight excluding hydrogens is 176 g/mol. The molecule has 0 atom stereocenters. The fourth-order valence-corrected chi connectivity index (χ4v) is 1.63. The fraction of sp³-hybridized carbons (Fsp3) is 1.00. The lowest BCUT2D eigenvalue weighted by atomic mass is 10.1. The van der Waals surface area contributed by atoms with Crippen molar-refractivity contribution in [1.29, 1.82) is 0 Å². The normalized spacial score (nSPS) is 17.8. The summed E-state index contributed by atoms with van der Waals surface area (Å²) in [7, 11) is 0. The van der Waals surface area contributed by atoms with Gasteiger partial charge in [-0.25, -0.2) is 0 Å². The summed E-state index contributed by atoms with van der Waals surface area (Å²) in [6, 6.07) is 0.781. The molecule has 0 radical (unpaired) electrons. The molecule has 1 rings (SSSR count). The van der Waals surface area contributed by atoms with Crippen molar-refractivity contribution in [3.8, 4) is 0 Å². The predicted octanol–water partition coefficient (Wildman–Crippen LogP) is 0.961. The number of nitrogens with zero attached hydrogens (tertiary/aromatic N) is 1. The molecule has 0 aliphatic heterocycles. The molecule has 1 aliphatic carbocycles. The second-order valence-corrected chi connectivity index (χ2v) is 4.97. The first kappa shape index (κ1) is 12.0. The van der Waals surface area contributed by atoms with Crippen LogP contribution in [0.1, 0.15) is 39.5 Å². The van der Waals surface area contributed by atoms with Crippen molar-refractivity contribution in [3.05, 3.63) is 0 Å². The number of rotatable bonds is 7. The third-order valence-corrected chi connectivity index (χ3v) is 2.72. The third-order valence-electron chi connectivity index (χ3n) is 2.72. The topological polar surface area (TPSA) is 49.5 Å². The smallest absolute Gasteiger partial charge is 0.0603 e. The summed E-state index contributed by atoms with van der Waals surface area (Å²) in [6.07, 6.45) is 4.59. The Morgan fingerprint density at radius 1 is 1.36 bits per heavy atom. The predicted molar refractivity (Wildman–Crippen MR) is 59.2 cm³/mol. The van der Waals surface area contributed by atoms with Crippen LogP contribution in [-0.2, 0) is 0 Å². The molecule has 3 N–H and O–H groups in total. The van der Waals surface area contributed by atoms with Gasteiger partial charge < -0.3 is 15.7 Å². The van der Waals surface area contributed by atoms with Gasteiger partial charge in [-0.1, -0.05) is 0 Å². The average molecular weight is 200 g/mol. The summed E-state index contributed by atoms with van der Waals surface area (Å²) in [4.78, 5) is 2.48. The number of hydrogen-bond acceptors (Lipinski definition) is 3. The highest BCUT2D eigenvalue weighted by Crippen LogP contribution is 2.27. The molecule has 0 aromatic rings. The minimum atomic E-state index is -0.532. The standard InChI is InChI=1S/C11H24N2O/c1-11(2,14)6-9-13(8-3-7-12)10-4-5-10/h10,14H,3-9,12H2,1-2H3. The van der Waals surface area contributed by atoms with E-state index in [1.54, 1.807) is 0 Å². The highest BCUT2D eigenvalue weighted by Gasteiger charge is 2.29. The monoisotopic (exact) mass is 200 g/mol. The molecule has 0 amide bonds. The van der Waals surface area contributed by atoms with Crippen LogP contribution in [0.15, 0.2) is 0 Å². The molecule has 1 aliphatic rings. The molecule has 0 unspecified atom stereocenters. The Kier molecular flexibility index (Phi) is 4.35. The minimum Gasteiger partial charge on any atom is -0.390 e. The van der Waals surface area contributed by atoms with E-state index in [2.05, 4.69) is 4.90 Å². The Morgan fingerprint density at radius 3 is 2.43 bits per heavy atom. The van der Waals surface area contributed by atoms with Gasteiger partial charge in [-0.2, -0.15) is 0 Å². The Bertz CT molecular complexity index is 161. The highest BCUT2D eigenvalue weighted by atomic mass is 16.3. The molecule has 84 valence electrons. The van der Waals surface area contributed by atoms with E-state index < -0.39 is 5.60 Å². The van der Waals surface area contributed by atoms with Gasteiger partial charge in [0.1, 0.15) is 0 Å². The SMILES string of the molecule is CC(C)(O)CCN(CCCN)C1CC1. The quantitative estimate of drug-likeness (QED) is 0.643. The molecule has 1 saturated carbocycles. The van der Waals surface area contributed by atoms with Gasteiger partial charge in [0.05, 0.1) is 5.60 Å². The van der Waals surface area contributed by atoms with Crippen LogP contribution in [0.5, 0.6) is 0 Å². The van der Waals surface area contributed by atoms with Gasteiger partial charge in [0, 0.05) is 12.6 Å². The fourth-order valence-electron chi connectivity index (χ4n) is 1.63. The molecule has 0 bridgehead atoms. The Hall–Kier alpha value is -0.120. The Labute approximate surface area is 87.3 Å². The maximum atomic E-state index is 9.64. The molecule has 3 heteroatoms. The zero-order chi connectivity index (χ0) is 10.6. The van der Waals surface area contributed by atoms with Crippen molar-refractivity contribution in [2.45, 2.75) is 51.2 Å². The first-order valence-electron chi connectivity index (χ1n) is 5.69. The van der Waals surface area contributed by atoms with Gasteiger partial charge in [0.15, 0.2) is 0 Å². The average Bonchev–Trinajstić information content (AvgIpc) is 2.86. The van der Waals surface area contributed by atoms with Crippen LogP contribution in [0, 0.1) is 0 Å². The van der Waals surface area contributed by atoms with E-state index >= 15 is 0 Å². The Balaban J connectivity index is 2.21. The van der Waals surface area contributed by atoms with Crippen LogP contribution in [0.4, 0.5) is 0 Å². The molecule has 0 spiro atoms. The zero-order valence-corrected chi connectivity index (χ0v) is 9.50. The van der Waals surface area contributed by atoms with Gasteiger partial charge in [0.25, 0.3) is 0 Å². The number of hydrogen-bond donors (Lipinski definition) is 2.